The van der Waals surface area contributed by atoms with E-state index < -0.39 is 10.0 Å². The van der Waals surface area contributed by atoms with Crippen molar-refractivity contribution in [3.05, 3.63) is 45.6 Å². The highest BCUT2D eigenvalue weighted by atomic mass is 32.2. The number of hydrogen-bond donors (Lipinski definition) is 1. The lowest BCUT2D eigenvalue weighted by molar-refractivity contribution is 0.107. The van der Waals surface area contributed by atoms with Crippen LogP contribution in [0.2, 0.25) is 0 Å². The van der Waals surface area contributed by atoms with Crippen LogP contribution < -0.4 is 9.46 Å². The summed E-state index contributed by atoms with van der Waals surface area (Å²) in [6, 6.07) is 5.19. The summed E-state index contributed by atoms with van der Waals surface area (Å²) >= 11 is 1.55. The van der Waals surface area contributed by atoms with Crippen LogP contribution in [0.4, 0.5) is 0 Å². The second-order valence-corrected chi connectivity index (χ2v) is 8.00. The van der Waals surface area contributed by atoms with Crippen molar-refractivity contribution in [1.82, 2.24) is 4.72 Å². The maximum absolute atomic E-state index is 12.6. The first-order valence-corrected chi connectivity index (χ1v) is 10.1. The molecule has 0 aliphatic rings. The lowest BCUT2D eigenvalue weighted by atomic mass is 10.1. The van der Waals surface area contributed by atoms with Gasteiger partial charge in [0.1, 0.15) is 5.75 Å². The zero-order chi connectivity index (χ0) is 17.7. The van der Waals surface area contributed by atoms with E-state index in [1.54, 1.807) is 30.6 Å². The van der Waals surface area contributed by atoms with Crippen molar-refractivity contribution in [3.63, 3.8) is 0 Å². The zero-order valence-corrected chi connectivity index (χ0v) is 16.0. The van der Waals surface area contributed by atoms with Crippen LogP contribution in [0.25, 0.3) is 0 Å². The molecule has 0 spiro atoms. The Morgan fingerprint density at radius 2 is 1.92 bits per heavy atom. The van der Waals surface area contributed by atoms with Crippen molar-refractivity contribution in [3.8, 4) is 5.75 Å². The largest absolute Gasteiger partial charge is 0.493 e. The van der Waals surface area contributed by atoms with Crippen molar-refractivity contribution in [2.75, 3.05) is 20.3 Å². The fourth-order valence-electron chi connectivity index (χ4n) is 2.50. The van der Waals surface area contributed by atoms with E-state index in [2.05, 4.69) is 4.72 Å². The summed E-state index contributed by atoms with van der Waals surface area (Å²) in [7, 11) is -2.04. The number of aryl methyl sites for hydroxylation is 2. The lowest BCUT2D eigenvalue weighted by Gasteiger charge is -2.17. The molecule has 5 nitrogen and oxygen atoms in total. The van der Waals surface area contributed by atoms with Crippen molar-refractivity contribution < 1.29 is 17.9 Å². The molecule has 1 N–H and O–H groups in total. The van der Waals surface area contributed by atoms with Gasteiger partial charge >= 0.3 is 0 Å². The van der Waals surface area contributed by atoms with Crippen molar-refractivity contribution >= 4 is 21.4 Å². The highest BCUT2D eigenvalue weighted by molar-refractivity contribution is 7.89. The van der Waals surface area contributed by atoms with E-state index in [0.717, 1.165) is 22.4 Å². The smallest absolute Gasteiger partial charge is 0.240 e. The quantitative estimate of drug-likeness (QED) is 0.774. The fraction of sp³-hybridized carbons (Fsp3) is 0.412. The number of methoxy groups -OCH3 is 1. The van der Waals surface area contributed by atoms with Gasteiger partial charge in [0, 0.05) is 13.7 Å². The minimum Gasteiger partial charge on any atom is -0.493 e. The van der Waals surface area contributed by atoms with Gasteiger partial charge in [-0.05, 0) is 66.4 Å². The average Bonchev–Trinajstić information content (AvgIpc) is 3.05. The van der Waals surface area contributed by atoms with E-state index in [9.17, 15) is 8.42 Å². The van der Waals surface area contributed by atoms with Gasteiger partial charge in [0.05, 0.1) is 17.6 Å². The molecule has 0 saturated carbocycles. The molecule has 0 amide bonds. The predicted octanol–water partition coefficient (Wildman–Crippen LogP) is 3.43. The maximum atomic E-state index is 12.6. The van der Waals surface area contributed by atoms with E-state index in [1.165, 1.54) is 0 Å². The fourth-order valence-corrected chi connectivity index (χ4v) is 4.40. The highest BCUT2D eigenvalue weighted by Gasteiger charge is 2.20. The molecule has 2 rings (SSSR count). The molecular formula is C17H23NO4S2. The number of hydrogen-bond acceptors (Lipinski definition) is 5. The molecule has 0 bridgehead atoms. The number of benzene rings is 1. The van der Waals surface area contributed by atoms with Gasteiger partial charge in [-0.3, -0.25) is 0 Å². The van der Waals surface area contributed by atoms with Crippen LogP contribution in [0.5, 0.6) is 5.75 Å². The number of sulfonamides is 1. The first-order chi connectivity index (χ1) is 11.4. The summed E-state index contributed by atoms with van der Waals surface area (Å²) in [5.41, 5.74) is 2.57. The van der Waals surface area contributed by atoms with Crippen molar-refractivity contribution in [1.29, 1.82) is 0 Å². The van der Waals surface area contributed by atoms with E-state index in [0.29, 0.717) is 6.61 Å². The molecule has 1 unspecified atom stereocenters. The Kier molecular flexibility index (Phi) is 6.40. The van der Waals surface area contributed by atoms with Crippen LogP contribution in [0, 0.1) is 13.8 Å². The molecule has 24 heavy (non-hydrogen) atoms. The molecule has 7 heteroatoms. The van der Waals surface area contributed by atoms with Gasteiger partial charge in [-0.1, -0.05) is 0 Å². The SMILES string of the molecule is CCOc1c(C)cc(S(=O)(=O)NCC(OC)c2ccsc2)cc1C. The third-order valence-electron chi connectivity index (χ3n) is 3.69. The van der Waals surface area contributed by atoms with E-state index in [4.69, 9.17) is 9.47 Å². The normalized spacial score (nSPS) is 13.0. The molecule has 0 radical (unpaired) electrons. The van der Waals surface area contributed by atoms with Crippen LogP contribution in [-0.2, 0) is 14.8 Å². The third kappa shape index (κ3) is 4.36. The van der Waals surface area contributed by atoms with E-state index in [-0.39, 0.29) is 17.5 Å². The molecule has 0 saturated heterocycles. The summed E-state index contributed by atoms with van der Waals surface area (Å²) in [6.07, 6.45) is -0.309. The molecule has 1 aromatic heterocycles. The van der Waals surface area contributed by atoms with Crippen LogP contribution in [0.1, 0.15) is 29.7 Å². The van der Waals surface area contributed by atoms with Crippen LogP contribution >= 0.6 is 11.3 Å². The van der Waals surface area contributed by atoms with Crippen LogP contribution in [0.3, 0.4) is 0 Å². The molecule has 0 aliphatic carbocycles. The monoisotopic (exact) mass is 369 g/mol. The summed E-state index contributed by atoms with van der Waals surface area (Å²) in [5.74, 6) is 0.740. The minimum absolute atomic E-state index is 0.181. The minimum atomic E-state index is -3.62. The zero-order valence-electron chi connectivity index (χ0n) is 14.3. The Labute approximate surface area is 147 Å². The maximum Gasteiger partial charge on any atom is 0.240 e. The molecule has 132 valence electrons. The first-order valence-electron chi connectivity index (χ1n) is 7.67. The summed E-state index contributed by atoms with van der Waals surface area (Å²) in [6.45, 7) is 6.32. The number of ether oxygens (including phenoxy) is 2. The highest BCUT2D eigenvalue weighted by Crippen LogP contribution is 2.27. The van der Waals surface area contributed by atoms with Gasteiger partial charge in [-0.2, -0.15) is 11.3 Å². The van der Waals surface area contributed by atoms with E-state index >= 15 is 0 Å². The lowest BCUT2D eigenvalue weighted by Crippen LogP contribution is -2.29. The molecular weight excluding hydrogens is 346 g/mol. The molecule has 1 atom stereocenters. The standard InChI is InChI=1S/C17H23NO4S2/c1-5-22-17-12(2)8-15(9-13(17)3)24(19,20)18-10-16(21-4)14-6-7-23-11-14/h6-9,11,16,18H,5,10H2,1-4H3. The van der Waals surface area contributed by atoms with Gasteiger partial charge in [0.2, 0.25) is 10.0 Å². The number of rotatable bonds is 8. The molecule has 2 aromatic rings. The Morgan fingerprint density at radius 3 is 2.42 bits per heavy atom. The topological polar surface area (TPSA) is 64.6 Å². The Balaban J connectivity index is 2.18. The molecule has 0 aliphatic heterocycles. The predicted molar refractivity (Wildman–Crippen MR) is 96.3 cm³/mol. The first kappa shape index (κ1) is 18.9. The Hall–Kier alpha value is -1.41. The van der Waals surface area contributed by atoms with Crippen molar-refractivity contribution in [2.45, 2.75) is 31.8 Å². The van der Waals surface area contributed by atoms with Gasteiger partial charge < -0.3 is 9.47 Å². The third-order valence-corrected chi connectivity index (χ3v) is 5.80. The average molecular weight is 370 g/mol. The van der Waals surface area contributed by atoms with Crippen LogP contribution in [-0.4, -0.2) is 28.7 Å². The Bertz CT molecular complexity index is 747. The second kappa shape index (κ2) is 8.11. The van der Waals surface area contributed by atoms with Gasteiger partial charge in [-0.25, -0.2) is 13.1 Å². The summed E-state index contributed by atoms with van der Waals surface area (Å²) < 4.78 is 38.8. The molecule has 0 fully saturated rings. The van der Waals surface area contributed by atoms with Gasteiger partial charge in [0.25, 0.3) is 0 Å². The summed E-state index contributed by atoms with van der Waals surface area (Å²) in [5, 5.41) is 3.89. The van der Waals surface area contributed by atoms with Gasteiger partial charge in [0.15, 0.2) is 0 Å². The summed E-state index contributed by atoms with van der Waals surface area (Å²) in [4.78, 5) is 0.237. The number of thiophene rings is 1. The second-order valence-electron chi connectivity index (χ2n) is 5.45. The molecule has 1 heterocycles. The van der Waals surface area contributed by atoms with Crippen molar-refractivity contribution in [2.24, 2.45) is 0 Å². The van der Waals surface area contributed by atoms with E-state index in [1.807, 2.05) is 37.6 Å². The Morgan fingerprint density at radius 1 is 1.25 bits per heavy atom. The molecule has 1 aromatic carbocycles. The van der Waals surface area contributed by atoms with Gasteiger partial charge in [-0.15, -0.1) is 0 Å². The van der Waals surface area contributed by atoms with Crippen LogP contribution in [0.15, 0.2) is 33.9 Å². The number of nitrogens with one attached hydrogen (secondary N) is 1.